The first kappa shape index (κ1) is 9.24. The highest BCUT2D eigenvalue weighted by Crippen LogP contribution is 1.93. The SMILES string of the molecule is C=CC(=CN(C)C)CNC. The Labute approximate surface area is 63.2 Å². The van der Waals surface area contributed by atoms with E-state index in [-0.39, 0.29) is 0 Å². The van der Waals surface area contributed by atoms with Crippen molar-refractivity contribution in [3.63, 3.8) is 0 Å². The molecule has 0 unspecified atom stereocenters. The van der Waals surface area contributed by atoms with Gasteiger partial charge in [0.2, 0.25) is 0 Å². The molecule has 2 nitrogen and oxygen atoms in total. The normalized spacial score (nSPS) is 11.3. The van der Waals surface area contributed by atoms with Crippen LogP contribution in [0.5, 0.6) is 0 Å². The molecule has 0 rings (SSSR count). The average Bonchev–Trinajstić information content (AvgIpc) is 1.86. The first-order valence-electron chi connectivity index (χ1n) is 3.35. The predicted molar refractivity (Wildman–Crippen MR) is 45.9 cm³/mol. The summed E-state index contributed by atoms with van der Waals surface area (Å²) in [5.74, 6) is 0. The van der Waals surface area contributed by atoms with Crippen LogP contribution in [0.15, 0.2) is 24.4 Å². The van der Waals surface area contributed by atoms with Gasteiger partial charge in [-0.2, -0.15) is 0 Å². The fourth-order valence-corrected chi connectivity index (χ4v) is 0.706. The lowest BCUT2D eigenvalue weighted by molar-refractivity contribution is 0.557. The summed E-state index contributed by atoms with van der Waals surface area (Å²) >= 11 is 0. The zero-order chi connectivity index (χ0) is 7.98. The number of nitrogens with one attached hydrogen (secondary N) is 1. The zero-order valence-electron chi connectivity index (χ0n) is 7.02. The fourth-order valence-electron chi connectivity index (χ4n) is 0.706. The van der Waals surface area contributed by atoms with Crippen LogP contribution >= 0.6 is 0 Å². The summed E-state index contributed by atoms with van der Waals surface area (Å²) in [5.41, 5.74) is 1.20. The molecule has 0 aliphatic heterocycles. The quantitative estimate of drug-likeness (QED) is 0.582. The maximum Gasteiger partial charge on any atom is 0.0216 e. The minimum Gasteiger partial charge on any atom is -0.383 e. The largest absolute Gasteiger partial charge is 0.383 e. The lowest BCUT2D eigenvalue weighted by Gasteiger charge is -2.07. The smallest absolute Gasteiger partial charge is 0.0216 e. The van der Waals surface area contributed by atoms with Crippen molar-refractivity contribution in [3.05, 3.63) is 24.4 Å². The molecule has 0 aliphatic rings. The van der Waals surface area contributed by atoms with Crippen molar-refractivity contribution in [3.8, 4) is 0 Å². The predicted octanol–water partition coefficient (Wildman–Crippen LogP) is 0.837. The van der Waals surface area contributed by atoms with Gasteiger partial charge in [-0.05, 0) is 12.6 Å². The third kappa shape index (κ3) is 4.15. The van der Waals surface area contributed by atoms with Gasteiger partial charge in [0.05, 0.1) is 0 Å². The Bertz CT molecular complexity index is 125. The lowest BCUT2D eigenvalue weighted by atomic mass is 10.3. The molecular weight excluding hydrogens is 124 g/mol. The minimum absolute atomic E-state index is 0.877. The maximum absolute atomic E-state index is 3.70. The van der Waals surface area contributed by atoms with Crippen LogP contribution in [0.1, 0.15) is 0 Å². The van der Waals surface area contributed by atoms with Gasteiger partial charge in [-0.15, -0.1) is 0 Å². The molecule has 0 radical (unpaired) electrons. The van der Waals surface area contributed by atoms with Crippen LogP contribution in [-0.2, 0) is 0 Å². The van der Waals surface area contributed by atoms with Crippen LogP contribution in [0.25, 0.3) is 0 Å². The molecule has 0 spiro atoms. The van der Waals surface area contributed by atoms with Crippen molar-refractivity contribution in [2.24, 2.45) is 0 Å². The standard InChI is InChI=1S/C8H16N2/c1-5-8(6-9-2)7-10(3)4/h5,7,9H,1,6H2,2-4H3. The highest BCUT2D eigenvalue weighted by Gasteiger charge is 1.88. The number of rotatable bonds is 4. The summed E-state index contributed by atoms with van der Waals surface area (Å²) in [4.78, 5) is 2.01. The second-order valence-electron chi connectivity index (χ2n) is 2.40. The first-order chi connectivity index (χ1) is 4.70. The Balaban J connectivity index is 3.90. The summed E-state index contributed by atoms with van der Waals surface area (Å²) in [6, 6.07) is 0. The van der Waals surface area contributed by atoms with Crippen molar-refractivity contribution >= 4 is 0 Å². The summed E-state index contributed by atoms with van der Waals surface area (Å²) < 4.78 is 0. The highest BCUT2D eigenvalue weighted by molar-refractivity contribution is 5.16. The molecule has 0 aromatic heterocycles. The Morgan fingerprint density at radius 2 is 2.20 bits per heavy atom. The zero-order valence-corrected chi connectivity index (χ0v) is 7.02. The molecule has 10 heavy (non-hydrogen) atoms. The van der Waals surface area contributed by atoms with Gasteiger partial charge in [0, 0.05) is 26.8 Å². The van der Waals surface area contributed by atoms with Gasteiger partial charge >= 0.3 is 0 Å². The Hall–Kier alpha value is -0.760. The molecule has 0 saturated carbocycles. The Kier molecular flexibility index (Phi) is 4.67. The van der Waals surface area contributed by atoms with Gasteiger partial charge in [0.1, 0.15) is 0 Å². The molecule has 0 aromatic rings. The molecule has 2 heteroatoms. The molecule has 0 heterocycles. The van der Waals surface area contributed by atoms with Crippen LogP contribution < -0.4 is 5.32 Å². The van der Waals surface area contributed by atoms with E-state index in [1.165, 1.54) is 5.57 Å². The Morgan fingerprint density at radius 3 is 2.50 bits per heavy atom. The van der Waals surface area contributed by atoms with Crippen LogP contribution in [-0.4, -0.2) is 32.6 Å². The summed E-state index contributed by atoms with van der Waals surface area (Å²) in [6.45, 7) is 4.57. The summed E-state index contributed by atoms with van der Waals surface area (Å²) in [7, 11) is 5.92. The van der Waals surface area contributed by atoms with Gasteiger partial charge in [-0.25, -0.2) is 0 Å². The maximum atomic E-state index is 3.70. The van der Waals surface area contributed by atoms with Crippen LogP contribution in [0.2, 0.25) is 0 Å². The van der Waals surface area contributed by atoms with Crippen LogP contribution in [0, 0.1) is 0 Å². The van der Waals surface area contributed by atoms with E-state index < -0.39 is 0 Å². The molecule has 0 saturated heterocycles. The van der Waals surface area contributed by atoms with Crippen molar-refractivity contribution in [1.82, 2.24) is 10.2 Å². The van der Waals surface area contributed by atoms with Crippen molar-refractivity contribution in [2.75, 3.05) is 27.7 Å². The third-order valence-electron chi connectivity index (χ3n) is 1.07. The van der Waals surface area contributed by atoms with Gasteiger partial charge < -0.3 is 10.2 Å². The fraction of sp³-hybridized carbons (Fsp3) is 0.500. The molecule has 0 atom stereocenters. The van der Waals surface area contributed by atoms with E-state index >= 15 is 0 Å². The molecule has 58 valence electrons. The number of hydrogen-bond donors (Lipinski definition) is 1. The topological polar surface area (TPSA) is 15.3 Å². The lowest BCUT2D eigenvalue weighted by Crippen LogP contribution is -2.12. The molecule has 1 N–H and O–H groups in total. The minimum atomic E-state index is 0.877. The number of likely N-dealkylation sites (N-methyl/N-ethyl adjacent to an activating group) is 1. The molecule has 0 bridgehead atoms. The number of hydrogen-bond acceptors (Lipinski definition) is 2. The van der Waals surface area contributed by atoms with Gasteiger partial charge in [-0.1, -0.05) is 12.7 Å². The van der Waals surface area contributed by atoms with E-state index in [4.69, 9.17) is 0 Å². The molecule has 0 amide bonds. The molecule has 0 fully saturated rings. The average molecular weight is 140 g/mol. The van der Waals surface area contributed by atoms with Crippen LogP contribution in [0.4, 0.5) is 0 Å². The van der Waals surface area contributed by atoms with Crippen molar-refractivity contribution in [2.45, 2.75) is 0 Å². The monoisotopic (exact) mass is 140 g/mol. The van der Waals surface area contributed by atoms with E-state index in [2.05, 4.69) is 11.9 Å². The molecule has 0 aromatic carbocycles. The number of nitrogens with zero attached hydrogens (tertiary/aromatic N) is 1. The van der Waals surface area contributed by atoms with Gasteiger partial charge in [0.15, 0.2) is 0 Å². The van der Waals surface area contributed by atoms with Gasteiger partial charge in [0.25, 0.3) is 0 Å². The van der Waals surface area contributed by atoms with Crippen molar-refractivity contribution in [1.29, 1.82) is 0 Å². The van der Waals surface area contributed by atoms with E-state index in [0.717, 1.165) is 6.54 Å². The molecule has 0 aliphatic carbocycles. The van der Waals surface area contributed by atoms with Gasteiger partial charge in [-0.3, -0.25) is 0 Å². The summed E-state index contributed by atoms with van der Waals surface area (Å²) in [5, 5.41) is 3.06. The summed E-state index contributed by atoms with van der Waals surface area (Å²) in [6.07, 6.45) is 3.90. The first-order valence-corrected chi connectivity index (χ1v) is 3.35. The van der Waals surface area contributed by atoms with E-state index in [1.807, 2.05) is 38.3 Å². The molecular formula is C8H16N2. The third-order valence-corrected chi connectivity index (χ3v) is 1.07. The second-order valence-corrected chi connectivity index (χ2v) is 2.40. The highest BCUT2D eigenvalue weighted by atomic mass is 15.0. The van der Waals surface area contributed by atoms with Crippen molar-refractivity contribution < 1.29 is 0 Å². The van der Waals surface area contributed by atoms with E-state index in [0.29, 0.717) is 0 Å². The Morgan fingerprint density at radius 1 is 1.60 bits per heavy atom. The van der Waals surface area contributed by atoms with E-state index in [1.54, 1.807) is 0 Å². The second kappa shape index (κ2) is 5.06. The van der Waals surface area contributed by atoms with Crippen LogP contribution in [0.3, 0.4) is 0 Å². The van der Waals surface area contributed by atoms with E-state index in [9.17, 15) is 0 Å².